The Bertz CT molecular complexity index is 1330. The number of anilines is 1. The molecule has 1 atom stereocenters. The fraction of sp³-hybridized carbons (Fsp3) is 0.667. The van der Waals surface area contributed by atoms with Crippen molar-refractivity contribution in [2.45, 2.75) is 96.2 Å². The van der Waals surface area contributed by atoms with Gasteiger partial charge in [0, 0.05) is 55.2 Å². The first-order chi connectivity index (χ1) is 19.0. The van der Waals surface area contributed by atoms with Gasteiger partial charge in [-0.25, -0.2) is 9.50 Å². The average molecular weight is 552 g/mol. The number of hydrogen-bond donors (Lipinski definition) is 2. The van der Waals surface area contributed by atoms with Gasteiger partial charge < -0.3 is 20.1 Å². The van der Waals surface area contributed by atoms with Crippen molar-refractivity contribution in [1.82, 2.24) is 29.3 Å². The molecule has 5 rings (SSSR count). The molecule has 10 heteroatoms. The Balaban J connectivity index is 1.46. The van der Waals surface area contributed by atoms with Crippen LogP contribution in [0.3, 0.4) is 0 Å². The number of nitrogens with one attached hydrogen (secondary N) is 1. The topological polar surface area (TPSA) is 110 Å². The summed E-state index contributed by atoms with van der Waals surface area (Å²) in [6.07, 6.45) is 11.6. The Morgan fingerprint density at radius 1 is 1.23 bits per heavy atom. The van der Waals surface area contributed by atoms with Crippen LogP contribution in [0.2, 0.25) is 0 Å². The summed E-state index contributed by atoms with van der Waals surface area (Å²) < 4.78 is 9.10. The number of carbonyl (C=O) groups excluding carboxylic acids is 1. The van der Waals surface area contributed by atoms with Crippen molar-refractivity contribution in [3.05, 3.63) is 30.4 Å². The van der Waals surface area contributed by atoms with Gasteiger partial charge in [0.05, 0.1) is 30.1 Å². The van der Waals surface area contributed by atoms with Crippen LogP contribution in [-0.2, 0) is 15.1 Å². The SMILES string of the molecule is COC[C@H](C)Nc1ncc2c(-c3cnn(C(C)(C)C(=O)N4CCC(C)(O)CC4)c3)cc(C3CCC(C)CC3)n2n1. The molecule has 2 N–H and O–H groups in total. The number of rotatable bonds is 8. The van der Waals surface area contributed by atoms with Gasteiger partial charge in [0.2, 0.25) is 11.9 Å². The maximum Gasteiger partial charge on any atom is 0.249 e. The van der Waals surface area contributed by atoms with Crippen molar-refractivity contribution >= 4 is 17.4 Å². The number of hydrogen-bond acceptors (Lipinski definition) is 7. The number of nitrogens with zero attached hydrogens (tertiary/aromatic N) is 6. The molecular weight excluding hydrogens is 506 g/mol. The van der Waals surface area contributed by atoms with E-state index in [0.29, 0.717) is 44.4 Å². The Labute approximate surface area is 237 Å². The predicted molar refractivity (Wildman–Crippen MR) is 155 cm³/mol. The summed E-state index contributed by atoms with van der Waals surface area (Å²) in [7, 11) is 1.69. The zero-order chi connectivity index (χ0) is 28.7. The van der Waals surface area contributed by atoms with Crippen molar-refractivity contribution < 1.29 is 14.6 Å². The van der Waals surface area contributed by atoms with Gasteiger partial charge in [0.25, 0.3) is 0 Å². The highest BCUT2D eigenvalue weighted by Crippen LogP contribution is 2.39. The van der Waals surface area contributed by atoms with Gasteiger partial charge in [-0.3, -0.25) is 9.48 Å². The number of likely N-dealkylation sites (tertiary alicyclic amines) is 1. The predicted octanol–water partition coefficient (Wildman–Crippen LogP) is 4.44. The second-order valence-electron chi connectivity index (χ2n) is 12.8. The molecule has 1 aliphatic carbocycles. The number of methoxy groups -OCH3 is 1. The van der Waals surface area contributed by atoms with E-state index in [9.17, 15) is 9.90 Å². The number of ether oxygens (including phenoxy) is 1. The highest BCUT2D eigenvalue weighted by Gasteiger charge is 2.38. The molecule has 1 saturated heterocycles. The number of fused-ring (bicyclic) bond motifs is 1. The van der Waals surface area contributed by atoms with Crippen molar-refractivity contribution in [2.24, 2.45) is 5.92 Å². The smallest absolute Gasteiger partial charge is 0.249 e. The first-order valence-corrected chi connectivity index (χ1v) is 14.7. The quantitative estimate of drug-likeness (QED) is 0.426. The van der Waals surface area contributed by atoms with E-state index in [1.807, 2.05) is 51.2 Å². The van der Waals surface area contributed by atoms with Crippen LogP contribution in [-0.4, -0.2) is 78.7 Å². The Kier molecular flexibility index (Phi) is 7.94. The number of aromatic nitrogens is 5. The summed E-state index contributed by atoms with van der Waals surface area (Å²) in [5, 5.41) is 23.3. The van der Waals surface area contributed by atoms with E-state index in [0.717, 1.165) is 35.4 Å². The molecule has 2 fully saturated rings. The van der Waals surface area contributed by atoms with Gasteiger partial charge in [-0.15, -0.1) is 5.10 Å². The second kappa shape index (κ2) is 11.1. The van der Waals surface area contributed by atoms with Gasteiger partial charge >= 0.3 is 0 Å². The molecule has 40 heavy (non-hydrogen) atoms. The van der Waals surface area contributed by atoms with Crippen molar-refractivity contribution in [3.63, 3.8) is 0 Å². The van der Waals surface area contributed by atoms with E-state index in [-0.39, 0.29) is 11.9 Å². The third-order valence-electron chi connectivity index (χ3n) is 8.89. The molecule has 218 valence electrons. The van der Waals surface area contributed by atoms with Gasteiger partial charge in [-0.1, -0.05) is 19.8 Å². The van der Waals surface area contributed by atoms with E-state index in [4.69, 9.17) is 9.84 Å². The number of amides is 1. The van der Waals surface area contributed by atoms with Gasteiger partial charge in [0.15, 0.2) is 0 Å². The summed E-state index contributed by atoms with van der Waals surface area (Å²) >= 11 is 0. The highest BCUT2D eigenvalue weighted by molar-refractivity contribution is 5.85. The minimum atomic E-state index is -0.857. The van der Waals surface area contributed by atoms with Crippen LogP contribution < -0.4 is 5.32 Å². The molecule has 0 unspecified atom stereocenters. The Morgan fingerprint density at radius 3 is 2.60 bits per heavy atom. The zero-order valence-corrected chi connectivity index (χ0v) is 24.9. The molecule has 0 spiro atoms. The monoisotopic (exact) mass is 551 g/mol. The number of carbonyl (C=O) groups is 1. The molecule has 0 aromatic carbocycles. The molecule has 10 nitrogen and oxygen atoms in total. The molecule has 1 aliphatic heterocycles. The molecule has 2 aliphatic rings. The normalized spacial score (nSPS) is 22.4. The third-order valence-corrected chi connectivity index (χ3v) is 8.89. The largest absolute Gasteiger partial charge is 0.390 e. The van der Waals surface area contributed by atoms with E-state index < -0.39 is 11.1 Å². The fourth-order valence-electron chi connectivity index (χ4n) is 6.11. The average Bonchev–Trinajstić information content (AvgIpc) is 3.55. The number of piperidine rings is 1. The lowest BCUT2D eigenvalue weighted by molar-refractivity contribution is -0.143. The summed E-state index contributed by atoms with van der Waals surface area (Å²) in [5.74, 6) is 1.78. The highest BCUT2D eigenvalue weighted by atomic mass is 16.5. The maximum absolute atomic E-state index is 13.5. The summed E-state index contributed by atoms with van der Waals surface area (Å²) in [6.45, 7) is 11.7. The lowest BCUT2D eigenvalue weighted by Gasteiger charge is -2.39. The minimum absolute atomic E-state index is 0.0145. The second-order valence-corrected chi connectivity index (χ2v) is 12.8. The lowest BCUT2D eigenvalue weighted by Crippen LogP contribution is -2.52. The summed E-state index contributed by atoms with van der Waals surface area (Å²) in [6, 6.07) is 2.33. The van der Waals surface area contributed by atoms with Crippen LogP contribution in [0.5, 0.6) is 0 Å². The molecular formula is C30H45N7O3. The fourth-order valence-corrected chi connectivity index (χ4v) is 6.11. The maximum atomic E-state index is 13.5. The zero-order valence-electron chi connectivity index (χ0n) is 24.9. The van der Waals surface area contributed by atoms with E-state index in [1.165, 1.54) is 18.5 Å². The summed E-state index contributed by atoms with van der Waals surface area (Å²) in [5.41, 5.74) is 2.53. The van der Waals surface area contributed by atoms with Crippen LogP contribution in [0.1, 0.15) is 84.8 Å². The molecule has 1 amide bonds. The Morgan fingerprint density at radius 2 is 1.93 bits per heavy atom. The first-order valence-electron chi connectivity index (χ1n) is 14.7. The van der Waals surface area contributed by atoms with Gasteiger partial charge in [0.1, 0.15) is 5.54 Å². The molecule has 3 aromatic rings. The minimum Gasteiger partial charge on any atom is -0.390 e. The van der Waals surface area contributed by atoms with Crippen LogP contribution >= 0.6 is 0 Å². The van der Waals surface area contributed by atoms with Crippen LogP contribution in [0.4, 0.5) is 5.95 Å². The standard InChI is InChI=1S/C30H45N7O3/c1-20-7-9-22(10-8-20)25-15-24(26-17-31-28(34-37(25)26)33-21(2)19-40-6)23-16-32-36(18-23)29(3,4)27(38)35-13-11-30(5,39)12-14-35/h15-18,20-22,39H,7-14,19H2,1-6H3,(H,33,34)/t20?,21-,22?/m0/s1. The van der Waals surface area contributed by atoms with Gasteiger partial charge in [-0.05, 0) is 65.4 Å². The Hall–Kier alpha value is -2.98. The van der Waals surface area contributed by atoms with Crippen molar-refractivity contribution in [2.75, 3.05) is 32.1 Å². The van der Waals surface area contributed by atoms with Crippen LogP contribution in [0.15, 0.2) is 24.7 Å². The molecule has 0 radical (unpaired) electrons. The van der Waals surface area contributed by atoms with E-state index in [2.05, 4.69) is 32.9 Å². The number of aliphatic hydroxyl groups is 1. The van der Waals surface area contributed by atoms with Gasteiger partial charge in [-0.2, -0.15) is 5.10 Å². The molecule has 1 saturated carbocycles. The van der Waals surface area contributed by atoms with Crippen LogP contribution in [0.25, 0.3) is 16.6 Å². The van der Waals surface area contributed by atoms with E-state index >= 15 is 0 Å². The molecule has 0 bridgehead atoms. The first kappa shape index (κ1) is 28.5. The van der Waals surface area contributed by atoms with E-state index in [1.54, 1.807) is 11.8 Å². The molecule has 3 aromatic heterocycles. The third kappa shape index (κ3) is 5.74. The van der Waals surface area contributed by atoms with Crippen molar-refractivity contribution in [3.8, 4) is 11.1 Å². The molecule has 4 heterocycles. The van der Waals surface area contributed by atoms with Crippen molar-refractivity contribution in [1.29, 1.82) is 0 Å². The van der Waals surface area contributed by atoms with Crippen LogP contribution in [0, 0.1) is 5.92 Å². The lowest BCUT2D eigenvalue weighted by atomic mass is 9.81. The summed E-state index contributed by atoms with van der Waals surface area (Å²) in [4.78, 5) is 20.0.